The Bertz CT molecular complexity index is 816. The summed E-state index contributed by atoms with van der Waals surface area (Å²) in [4.78, 5) is 12.4. The van der Waals surface area contributed by atoms with Crippen LogP contribution < -0.4 is 14.8 Å². The number of amides is 1. The molecule has 0 bridgehead atoms. The molecule has 0 heterocycles. The predicted molar refractivity (Wildman–Crippen MR) is 102 cm³/mol. The van der Waals surface area contributed by atoms with Gasteiger partial charge in [0.05, 0.1) is 11.5 Å². The van der Waals surface area contributed by atoms with E-state index in [0.29, 0.717) is 24.4 Å². The van der Waals surface area contributed by atoms with Crippen LogP contribution in [0.2, 0.25) is 0 Å². The summed E-state index contributed by atoms with van der Waals surface area (Å²) in [5.74, 6) is 0.448. The van der Waals surface area contributed by atoms with E-state index in [1.807, 2.05) is 13.8 Å². The number of nitrogens with one attached hydrogen (secondary N) is 2. The number of carbonyl (C=O) groups excluding carboxylic acids is 1. The summed E-state index contributed by atoms with van der Waals surface area (Å²) in [6.07, 6.45) is 1.64. The number of anilines is 1. The van der Waals surface area contributed by atoms with Gasteiger partial charge in [-0.2, -0.15) is 0 Å². The zero-order valence-electron chi connectivity index (χ0n) is 15.0. The number of carbonyl (C=O) groups is 1. The van der Waals surface area contributed by atoms with Crippen molar-refractivity contribution in [1.29, 1.82) is 0 Å². The van der Waals surface area contributed by atoms with E-state index in [1.54, 1.807) is 36.4 Å². The first-order chi connectivity index (χ1) is 12.5. The molecule has 140 valence electrons. The third-order valence-corrected chi connectivity index (χ3v) is 5.03. The van der Waals surface area contributed by atoms with Crippen LogP contribution in [0.5, 0.6) is 5.75 Å². The van der Waals surface area contributed by atoms with Gasteiger partial charge in [0.25, 0.3) is 5.91 Å². The van der Waals surface area contributed by atoms with Crippen LogP contribution in [-0.4, -0.2) is 27.5 Å². The fourth-order valence-corrected chi connectivity index (χ4v) is 3.30. The molecule has 2 N–H and O–H groups in total. The molecular formula is C19H24N2O4S. The lowest BCUT2D eigenvalue weighted by atomic mass is 10.2. The molecule has 2 rings (SSSR count). The monoisotopic (exact) mass is 376 g/mol. The Labute approximate surface area is 154 Å². The van der Waals surface area contributed by atoms with Crippen molar-refractivity contribution in [3.05, 3.63) is 54.1 Å². The predicted octanol–water partition coefficient (Wildman–Crippen LogP) is 3.42. The normalized spacial score (nSPS) is 11.2. The Morgan fingerprint density at radius 2 is 1.62 bits per heavy atom. The van der Waals surface area contributed by atoms with E-state index >= 15 is 0 Å². The van der Waals surface area contributed by atoms with E-state index in [4.69, 9.17) is 4.74 Å². The van der Waals surface area contributed by atoms with Crippen LogP contribution in [0.1, 0.15) is 37.0 Å². The molecule has 0 radical (unpaired) electrons. The van der Waals surface area contributed by atoms with Crippen molar-refractivity contribution in [2.75, 3.05) is 18.5 Å². The maximum Gasteiger partial charge on any atom is 0.255 e. The van der Waals surface area contributed by atoms with Crippen molar-refractivity contribution in [1.82, 2.24) is 4.72 Å². The fraction of sp³-hybridized carbons (Fsp3) is 0.316. The molecule has 7 heteroatoms. The average molecular weight is 376 g/mol. The van der Waals surface area contributed by atoms with Gasteiger partial charge in [0.15, 0.2) is 0 Å². The summed E-state index contributed by atoms with van der Waals surface area (Å²) < 4.78 is 32.1. The van der Waals surface area contributed by atoms with Crippen LogP contribution in [0, 0.1) is 0 Å². The van der Waals surface area contributed by atoms with Crippen LogP contribution in [0.15, 0.2) is 53.4 Å². The molecule has 0 saturated heterocycles. The van der Waals surface area contributed by atoms with Gasteiger partial charge in [-0.15, -0.1) is 0 Å². The van der Waals surface area contributed by atoms with Crippen molar-refractivity contribution >= 4 is 21.6 Å². The molecule has 0 aliphatic rings. The zero-order chi connectivity index (χ0) is 19.0. The van der Waals surface area contributed by atoms with Gasteiger partial charge in [0.2, 0.25) is 10.0 Å². The van der Waals surface area contributed by atoms with Gasteiger partial charge in [-0.05, 0) is 61.4 Å². The van der Waals surface area contributed by atoms with E-state index in [1.165, 1.54) is 12.1 Å². The average Bonchev–Trinajstić information content (AvgIpc) is 2.65. The molecule has 2 aromatic rings. The van der Waals surface area contributed by atoms with Crippen LogP contribution in [0.25, 0.3) is 0 Å². The smallest absolute Gasteiger partial charge is 0.255 e. The molecule has 1 amide bonds. The number of benzene rings is 2. The molecule has 0 aromatic heterocycles. The van der Waals surface area contributed by atoms with Crippen LogP contribution in [0.3, 0.4) is 0 Å². The molecule has 2 aromatic carbocycles. The molecule has 26 heavy (non-hydrogen) atoms. The third-order valence-electron chi connectivity index (χ3n) is 3.55. The largest absolute Gasteiger partial charge is 0.494 e. The highest BCUT2D eigenvalue weighted by Gasteiger charge is 2.13. The van der Waals surface area contributed by atoms with Gasteiger partial charge < -0.3 is 10.1 Å². The number of hydrogen-bond acceptors (Lipinski definition) is 4. The van der Waals surface area contributed by atoms with E-state index in [0.717, 1.165) is 18.6 Å². The minimum Gasteiger partial charge on any atom is -0.494 e. The summed E-state index contributed by atoms with van der Waals surface area (Å²) in [7, 11) is -3.51. The lowest BCUT2D eigenvalue weighted by Crippen LogP contribution is -2.24. The van der Waals surface area contributed by atoms with Crippen LogP contribution >= 0.6 is 0 Å². The van der Waals surface area contributed by atoms with Gasteiger partial charge in [-0.25, -0.2) is 13.1 Å². The van der Waals surface area contributed by atoms with Crippen LogP contribution in [-0.2, 0) is 10.0 Å². The van der Waals surface area contributed by atoms with Crippen molar-refractivity contribution < 1.29 is 17.9 Å². The Morgan fingerprint density at radius 1 is 0.962 bits per heavy atom. The Hall–Kier alpha value is -2.38. The summed E-state index contributed by atoms with van der Waals surface area (Å²) >= 11 is 0. The standard InChI is InChI=1S/C19H24N2O4S/c1-3-13-20-26(23,24)18-11-7-16(8-12-18)21-19(22)15-5-9-17(10-6-15)25-14-4-2/h5-12,20H,3-4,13-14H2,1-2H3,(H,21,22). The highest BCUT2D eigenvalue weighted by Crippen LogP contribution is 2.17. The van der Waals surface area contributed by atoms with Crippen molar-refractivity contribution in [2.24, 2.45) is 0 Å². The summed E-state index contributed by atoms with van der Waals surface area (Å²) in [5, 5.41) is 2.75. The SMILES string of the molecule is CCCNS(=O)(=O)c1ccc(NC(=O)c2ccc(OCCC)cc2)cc1. The van der Waals surface area contributed by atoms with E-state index in [9.17, 15) is 13.2 Å². The highest BCUT2D eigenvalue weighted by molar-refractivity contribution is 7.89. The van der Waals surface area contributed by atoms with Gasteiger partial charge in [-0.1, -0.05) is 13.8 Å². The second kappa shape index (κ2) is 9.35. The molecule has 6 nitrogen and oxygen atoms in total. The van der Waals surface area contributed by atoms with E-state index < -0.39 is 10.0 Å². The molecular weight excluding hydrogens is 352 g/mol. The molecule has 0 fully saturated rings. The number of rotatable bonds is 9. The highest BCUT2D eigenvalue weighted by atomic mass is 32.2. The number of hydrogen-bond donors (Lipinski definition) is 2. The molecule has 0 spiro atoms. The first kappa shape index (κ1) is 19.9. The first-order valence-corrected chi connectivity index (χ1v) is 10.1. The van der Waals surface area contributed by atoms with Crippen LogP contribution in [0.4, 0.5) is 5.69 Å². The topological polar surface area (TPSA) is 84.5 Å². The lowest BCUT2D eigenvalue weighted by molar-refractivity contribution is 0.102. The Kier molecular flexibility index (Phi) is 7.17. The Morgan fingerprint density at radius 3 is 2.19 bits per heavy atom. The summed E-state index contributed by atoms with van der Waals surface area (Å²) in [6.45, 7) is 4.94. The first-order valence-electron chi connectivity index (χ1n) is 8.60. The second-order valence-electron chi connectivity index (χ2n) is 5.75. The molecule has 0 atom stereocenters. The summed E-state index contributed by atoms with van der Waals surface area (Å²) in [6, 6.07) is 12.9. The molecule has 0 unspecified atom stereocenters. The second-order valence-corrected chi connectivity index (χ2v) is 7.52. The minimum atomic E-state index is -3.51. The number of sulfonamides is 1. The molecule has 0 saturated carbocycles. The van der Waals surface area contributed by atoms with Gasteiger partial charge >= 0.3 is 0 Å². The fourth-order valence-electron chi connectivity index (χ4n) is 2.16. The van der Waals surface area contributed by atoms with Gasteiger partial charge in [0, 0.05) is 17.8 Å². The van der Waals surface area contributed by atoms with E-state index in [-0.39, 0.29) is 10.8 Å². The lowest BCUT2D eigenvalue weighted by Gasteiger charge is -2.09. The number of ether oxygens (including phenoxy) is 1. The van der Waals surface area contributed by atoms with Crippen molar-refractivity contribution in [2.45, 2.75) is 31.6 Å². The molecule has 0 aliphatic carbocycles. The third kappa shape index (κ3) is 5.57. The van der Waals surface area contributed by atoms with Gasteiger partial charge in [0.1, 0.15) is 5.75 Å². The van der Waals surface area contributed by atoms with E-state index in [2.05, 4.69) is 10.0 Å². The maximum absolute atomic E-state index is 12.3. The minimum absolute atomic E-state index is 0.168. The molecule has 0 aliphatic heterocycles. The zero-order valence-corrected chi connectivity index (χ0v) is 15.8. The van der Waals surface area contributed by atoms with Gasteiger partial charge in [-0.3, -0.25) is 4.79 Å². The maximum atomic E-state index is 12.3. The van der Waals surface area contributed by atoms with Crippen molar-refractivity contribution in [3.63, 3.8) is 0 Å². The quantitative estimate of drug-likeness (QED) is 0.702. The summed E-state index contributed by atoms with van der Waals surface area (Å²) in [5.41, 5.74) is 1.02. The Balaban J connectivity index is 2.01. The van der Waals surface area contributed by atoms with Crippen molar-refractivity contribution in [3.8, 4) is 5.75 Å².